The van der Waals surface area contributed by atoms with E-state index in [0.29, 0.717) is 5.69 Å². The minimum absolute atomic E-state index is 0.175. The van der Waals surface area contributed by atoms with Gasteiger partial charge in [-0.1, -0.05) is 0 Å². The number of nitrogens with zero attached hydrogens (tertiary/aromatic N) is 2. The van der Waals surface area contributed by atoms with Gasteiger partial charge in [0.15, 0.2) is 5.82 Å². The summed E-state index contributed by atoms with van der Waals surface area (Å²) >= 11 is 0. The Morgan fingerprint density at radius 1 is 1.60 bits per heavy atom. The third-order valence-electron chi connectivity index (χ3n) is 1.86. The zero-order valence-corrected chi connectivity index (χ0v) is 7.39. The van der Waals surface area contributed by atoms with Crippen molar-refractivity contribution in [1.82, 2.24) is 9.97 Å². The predicted octanol–water partition coefficient (Wildman–Crippen LogP) is -1.69. The number of rotatable bonds is 1. The van der Waals surface area contributed by atoms with Crippen LogP contribution in [0.3, 0.4) is 0 Å². The first-order valence-corrected chi connectivity index (χ1v) is 3.96. The Hall–Kier alpha value is -2.22. The molecule has 2 heterocycles. The van der Waals surface area contributed by atoms with E-state index in [4.69, 9.17) is 10.8 Å². The molecule has 0 radical (unpaired) electrons. The van der Waals surface area contributed by atoms with Gasteiger partial charge in [0.2, 0.25) is 0 Å². The van der Waals surface area contributed by atoms with Crippen LogP contribution < -0.4 is 16.6 Å². The molecule has 0 spiro atoms. The summed E-state index contributed by atoms with van der Waals surface area (Å²) in [6.07, 6.45) is 2.18. The maximum Gasteiger partial charge on any atom is 0.368 e. The Morgan fingerprint density at radius 2 is 2.33 bits per heavy atom. The number of aromatic amines is 1. The molecule has 1 aromatic rings. The molecular formula is C7H7N5O3. The number of hydrogen-bond acceptors (Lipinski definition) is 6. The molecule has 1 atom stereocenters. The van der Waals surface area contributed by atoms with Crippen molar-refractivity contribution in [1.29, 1.82) is 0 Å². The zero-order chi connectivity index (χ0) is 11.1. The lowest BCUT2D eigenvalue weighted by molar-refractivity contribution is -0.141. The number of aromatic nitrogens is 2. The molecule has 0 saturated heterocycles. The number of fused-ring (bicyclic) bond motifs is 1. The molecule has 1 aromatic heterocycles. The second-order valence-electron chi connectivity index (χ2n) is 2.96. The number of aliphatic imine (C=N–C) groups is 1. The highest BCUT2D eigenvalue weighted by molar-refractivity contribution is 5.93. The lowest BCUT2D eigenvalue weighted by Crippen LogP contribution is -2.55. The molecule has 0 amide bonds. The van der Waals surface area contributed by atoms with E-state index in [1.807, 2.05) is 0 Å². The van der Waals surface area contributed by atoms with Gasteiger partial charge in [0.1, 0.15) is 5.69 Å². The van der Waals surface area contributed by atoms with Crippen molar-refractivity contribution in [3.8, 4) is 0 Å². The van der Waals surface area contributed by atoms with Gasteiger partial charge in [0.05, 0.1) is 12.4 Å². The fourth-order valence-corrected chi connectivity index (χ4v) is 1.10. The fraction of sp³-hybridized carbons (Fsp3) is 0.143. The topological polar surface area (TPSA) is 133 Å². The van der Waals surface area contributed by atoms with E-state index in [9.17, 15) is 9.59 Å². The molecule has 0 aromatic carbocycles. The molecular weight excluding hydrogens is 202 g/mol. The standard InChI is InChI=1S/C7H7N5O3/c8-7(6(14)15)10-1-3-5(12-7)9-2-4(13)11-3/h1-2H,8H2,(H,9,12)(H,11,13)(H,14,15). The number of hydrogen-bond donors (Lipinski definition) is 4. The number of aliphatic carboxylic acids is 1. The molecule has 0 saturated carbocycles. The van der Waals surface area contributed by atoms with Crippen LogP contribution in [-0.4, -0.2) is 33.0 Å². The van der Waals surface area contributed by atoms with Crippen LogP contribution in [0.15, 0.2) is 16.0 Å². The van der Waals surface area contributed by atoms with Crippen LogP contribution in [-0.2, 0) is 4.79 Å². The van der Waals surface area contributed by atoms with E-state index in [-0.39, 0.29) is 5.82 Å². The van der Waals surface area contributed by atoms with Gasteiger partial charge in [-0.3, -0.25) is 10.5 Å². The minimum Gasteiger partial charge on any atom is -0.477 e. The summed E-state index contributed by atoms with van der Waals surface area (Å²) in [6.45, 7) is 0. The summed E-state index contributed by atoms with van der Waals surface area (Å²) in [5.74, 6) is -3.09. The van der Waals surface area contributed by atoms with Crippen molar-refractivity contribution >= 4 is 18.0 Å². The van der Waals surface area contributed by atoms with Crippen molar-refractivity contribution in [3.05, 3.63) is 22.2 Å². The Labute approximate surface area is 82.9 Å². The van der Waals surface area contributed by atoms with E-state index in [0.717, 1.165) is 12.4 Å². The Kier molecular flexibility index (Phi) is 1.80. The van der Waals surface area contributed by atoms with Gasteiger partial charge in [-0.25, -0.2) is 14.8 Å². The summed E-state index contributed by atoms with van der Waals surface area (Å²) < 4.78 is 0. The molecule has 0 fully saturated rings. The number of carboxylic acids is 1. The normalized spacial score (nSPS) is 23.0. The molecule has 1 unspecified atom stereocenters. The second-order valence-corrected chi connectivity index (χ2v) is 2.96. The average Bonchev–Trinajstić information content (AvgIpc) is 2.18. The molecule has 8 nitrogen and oxygen atoms in total. The average molecular weight is 209 g/mol. The Balaban J connectivity index is 2.49. The third kappa shape index (κ3) is 1.46. The Bertz CT molecular complexity index is 508. The molecule has 15 heavy (non-hydrogen) atoms. The van der Waals surface area contributed by atoms with Crippen molar-refractivity contribution < 1.29 is 9.90 Å². The van der Waals surface area contributed by atoms with Crippen LogP contribution in [0, 0.1) is 0 Å². The van der Waals surface area contributed by atoms with Crippen molar-refractivity contribution in [2.75, 3.05) is 5.32 Å². The van der Waals surface area contributed by atoms with Crippen molar-refractivity contribution in [2.45, 2.75) is 5.79 Å². The Morgan fingerprint density at radius 3 is 3.00 bits per heavy atom. The molecule has 0 aliphatic carbocycles. The van der Waals surface area contributed by atoms with Crippen LogP contribution in [0.4, 0.5) is 5.82 Å². The van der Waals surface area contributed by atoms with Gasteiger partial charge in [0, 0.05) is 0 Å². The maximum atomic E-state index is 10.9. The largest absolute Gasteiger partial charge is 0.477 e. The van der Waals surface area contributed by atoms with Gasteiger partial charge < -0.3 is 15.4 Å². The highest BCUT2D eigenvalue weighted by atomic mass is 16.4. The molecule has 1 aliphatic heterocycles. The first-order chi connectivity index (χ1) is 7.01. The first-order valence-electron chi connectivity index (χ1n) is 3.96. The summed E-state index contributed by atoms with van der Waals surface area (Å²) in [5.41, 5.74) is 5.31. The molecule has 8 heteroatoms. The van der Waals surface area contributed by atoms with E-state index < -0.39 is 17.3 Å². The van der Waals surface area contributed by atoms with Gasteiger partial charge in [-0.2, -0.15) is 0 Å². The number of H-pyrrole nitrogens is 1. The lowest BCUT2D eigenvalue weighted by atomic mass is 10.3. The number of carbonyl (C=O) groups is 1. The number of nitrogens with one attached hydrogen (secondary N) is 2. The maximum absolute atomic E-state index is 10.9. The minimum atomic E-state index is -1.93. The predicted molar refractivity (Wildman–Crippen MR) is 50.6 cm³/mol. The van der Waals surface area contributed by atoms with E-state index in [1.165, 1.54) is 0 Å². The van der Waals surface area contributed by atoms with Crippen molar-refractivity contribution in [2.24, 2.45) is 10.7 Å². The SMILES string of the molecule is NC1(C(=O)O)N=Cc2[nH]c(=O)cnc2N1. The molecule has 0 bridgehead atoms. The summed E-state index contributed by atoms with van der Waals surface area (Å²) in [4.78, 5) is 31.3. The summed E-state index contributed by atoms with van der Waals surface area (Å²) in [5, 5.41) is 11.2. The number of anilines is 1. The quantitative estimate of drug-likeness (QED) is 0.436. The van der Waals surface area contributed by atoms with Gasteiger partial charge >= 0.3 is 5.97 Å². The third-order valence-corrected chi connectivity index (χ3v) is 1.86. The van der Waals surface area contributed by atoms with Crippen LogP contribution in [0.25, 0.3) is 0 Å². The molecule has 2 rings (SSSR count). The fourth-order valence-electron chi connectivity index (χ4n) is 1.10. The van der Waals surface area contributed by atoms with Crippen LogP contribution >= 0.6 is 0 Å². The van der Waals surface area contributed by atoms with Crippen LogP contribution in [0.5, 0.6) is 0 Å². The van der Waals surface area contributed by atoms with E-state index in [1.54, 1.807) is 0 Å². The molecule has 1 aliphatic rings. The smallest absolute Gasteiger partial charge is 0.368 e. The highest BCUT2D eigenvalue weighted by Gasteiger charge is 2.36. The van der Waals surface area contributed by atoms with Gasteiger partial charge in [-0.05, 0) is 0 Å². The number of carboxylic acid groups (broad SMARTS) is 1. The van der Waals surface area contributed by atoms with Gasteiger partial charge in [0.25, 0.3) is 11.3 Å². The van der Waals surface area contributed by atoms with E-state index >= 15 is 0 Å². The van der Waals surface area contributed by atoms with Crippen molar-refractivity contribution in [3.63, 3.8) is 0 Å². The number of nitrogens with two attached hydrogens (primary N) is 1. The lowest BCUT2D eigenvalue weighted by Gasteiger charge is -2.25. The van der Waals surface area contributed by atoms with Crippen LogP contribution in [0.2, 0.25) is 0 Å². The monoisotopic (exact) mass is 209 g/mol. The molecule has 78 valence electrons. The molecule has 5 N–H and O–H groups in total. The van der Waals surface area contributed by atoms with Gasteiger partial charge in [-0.15, -0.1) is 0 Å². The van der Waals surface area contributed by atoms with E-state index in [2.05, 4.69) is 20.3 Å². The highest BCUT2D eigenvalue weighted by Crippen LogP contribution is 2.16. The zero-order valence-electron chi connectivity index (χ0n) is 7.39. The van der Waals surface area contributed by atoms with Crippen LogP contribution in [0.1, 0.15) is 5.69 Å². The second kappa shape index (κ2) is 2.89. The first kappa shape index (κ1) is 9.34. The summed E-state index contributed by atoms with van der Waals surface area (Å²) in [6, 6.07) is 0. The summed E-state index contributed by atoms with van der Waals surface area (Å²) in [7, 11) is 0.